The summed E-state index contributed by atoms with van der Waals surface area (Å²) in [7, 11) is 0. The Morgan fingerprint density at radius 3 is 3.00 bits per heavy atom. The van der Waals surface area contributed by atoms with Gasteiger partial charge >= 0.3 is 0 Å². The molecule has 1 saturated heterocycles. The smallest absolute Gasteiger partial charge is 0.223 e. The van der Waals surface area contributed by atoms with Crippen LogP contribution in [0.25, 0.3) is 16.9 Å². The number of aromatic nitrogens is 4. The highest BCUT2D eigenvalue weighted by Crippen LogP contribution is 2.34. The van der Waals surface area contributed by atoms with Crippen molar-refractivity contribution in [1.82, 2.24) is 24.1 Å². The van der Waals surface area contributed by atoms with Gasteiger partial charge in [-0.3, -0.25) is 4.79 Å². The zero-order valence-electron chi connectivity index (χ0n) is 14.3. The SMILES string of the molecule is Cc1cccn2ncc(-c3nccn3CC3CC(=O)N(C4CC4)C3)c12. The molecule has 1 atom stereocenters. The van der Waals surface area contributed by atoms with Crippen LogP contribution in [0.2, 0.25) is 0 Å². The number of rotatable bonds is 4. The lowest BCUT2D eigenvalue weighted by Gasteiger charge is -2.16. The second-order valence-corrected chi connectivity index (χ2v) is 7.29. The summed E-state index contributed by atoms with van der Waals surface area (Å²) in [6, 6.07) is 4.61. The Morgan fingerprint density at radius 1 is 1.28 bits per heavy atom. The third-order valence-electron chi connectivity index (χ3n) is 5.38. The van der Waals surface area contributed by atoms with Crippen molar-refractivity contribution >= 4 is 11.4 Å². The molecule has 0 bridgehead atoms. The summed E-state index contributed by atoms with van der Waals surface area (Å²) in [6.45, 7) is 3.80. The molecule has 25 heavy (non-hydrogen) atoms. The van der Waals surface area contributed by atoms with Gasteiger partial charge in [-0.15, -0.1) is 0 Å². The summed E-state index contributed by atoms with van der Waals surface area (Å²) in [5.41, 5.74) is 3.32. The molecule has 1 unspecified atom stereocenters. The topological polar surface area (TPSA) is 55.4 Å². The van der Waals surface area contributed by atoms with E-state index in [9.17, 15) is 4.79 Å². The first-order valence-electron chi connectivity index (χ1n) is 8.94. The standard InChI is InChI=1S/C19H21N5O/c1-13-3-2-7-24-18(13)16(10-21-24)19-20-6-8-22(19)11-14-9-17(25)23(12-14)15-4-5-15/h2-3,6-8,10,14-15H,4-5,9,11-12H2,1H3. The average molecular weight is 335 g/mol. The lowest BCUT2D eigenvalue weighted by atomic mass is 10.1. The first-order chi connectivity index (χ1) is 12.2. The minimum atomic E-state index is 0.320. The van der Waals surface area contributed by atoms with Gasteiger partial charge in [0.1, 0.15) is 5.82 Å². The second-order valence-electron chi connectivity index (χ2n) is 7.29. The highest BCUT2D eigenvalue weighted by molar-refractivity contribution is 5.80. The molecule has 2 fully saturated rings. The van der Waals surface area contributed by atoms with Crippen molar-refractivity contribution in [1.29, 1.82) is 0 Å². The van der Waals surface area contributed by atoms with Crippen molar-refractivity contribution in [3.05, 3.63) is 42.5 Å². The summed E-state index contributed by atoms with van der Waals surface area (Å²) in [6.07, 6.45) is 10.7. The first-order valence-corrected chi connectivity index (χ1v) is 8.94. The lowest BCUT2D eigenvalue weighted by Crippen LogP contribution is -2.27. The Balaban J connectivity index is 1.45. The molecule has 3 aromatic rings. The van der Waals surface area contributed by atoms with Gasteiger partial charge in [0.25, 0.3) is 0 Å². The molecule has 1 amide bonds. The van der Waals surface area contributed by atoms with E-state index < -0.39 is 0 Å². The number of nitrogens with zero attached hydrogens (tertiary/aromatic N) is 5. The van der Waals surface area contributed by atoms with Crippen LogP contribution in [0.1, 0.15) is 24.8 Å². The van der Waals surface area contributed by atoms with Crippen LogP contribution < -0.4 is 0 Å². The van der Waals surface area contributed by atoms with Gasteiger partial charge in [-0.2, -0.15) is 5.10 Å². The Hall–Kier alpha value is -2.63. The molecule has 1 saturated carbocycles. The van der Waals surface area contributed by atoms with Gasteiger partial charge < -0.3 is 9.47 Å². The number of imidazole rings is 1. The molecule has 3 aromatic heterocycles. The van der Waals surface area contributed by atoms with Gasteiger partial charge in [-0.05, 0) is 31.4 Å². The fraction of sp³-hybridized carbons (Fsp3) is 0.421. The highest BCUT2D eigenvalue weighted by Gasteiger charge is 2.39. The number of carbonyl (C=O) groups excluding carboxylic acids is 1. The van der Waals surface area contributed by atoms with E-state index in [1.807, 2.05) is 35.4 Å². The fourth-order valence-electron chi connectivity index (χ4n) is 4.03. The van der Waals surface area contributed by atoms with Crippen molar-refractivity contribution in [2.24, 2.45) is 5.92 Å². The molecule has 1 aliphatic carbocycles. The average Bonchev–Trinajstić information content (AvgIpc) is 3.01. The second kappa shape index (κ2) is 5.44. The third-order valence-corrected chi connectivity index (χ3v) is 5.38. The van der Waals surface area contributed by atoms with Crippen molar-refractivity contribution in [2.45, 2.75) is 38.8 Å². The normalized spacial score (nSPS) is 20.8. The maximum absolute atomic E-state index is 12.2. The van der Waals surface area contributed by atoms with E-state index >= 15 is 0 Å². The minimum Gasteiger partial charge on any atom is -0.339 e. The molecule has 0 spiro atoms. The number of pyridine rings is 1. The van der Waals surface area contributed by atoms with Crippen LogP contribution in [0, 0.1) is 12.8 Å². The maximum atomic E-state index is 12.2. The van der Waals surface area contributed by atoms with Crippen LogP contribution in [0.5, 0.6) is 0 Å². The summed E-state index contributed by atoms with van der Waals surface area (Å²) >= 11 is 0. The molecule has 2 aliphatic rings. The first kappa shape index (κ1) is 14.7. The van der Waals surface area contributed by atoms with E-state index in [-0.39, 0.29) is 0 Å². The highest BCUT2D eigenvalue weighted by atomic mass is 16.2. The molecule has 6 heteroatoms. The Bertz CT molecular complexity index is 952. The number of amides is 1. The van der Waals surface area contributed by atoms with E-state index in [0.29, 0.717) is 24.3 Å². The molecule has 5 rings (SSSR count). The van der Waals surface area contributed by atoms with E-state index in [2.05, 4.69) is 32.5 Å². The monoisotopic (exact) mass is 335 g/mol. The minimum absolute atomic E-state index is 0.320. The van der Waals surface area contributed by atoms with E-state index in [1.54, 1.807) is 0 Å². The molecule has 128 valence electrons. The molecular formula is C19H21N5O. The van der Waals surface area contributed by atoms with Crippen molar-refractivity contribution in [3.63, 3.8) is 0 Å². The number of carbonyl (C=O) groups is 1. The summed E-state index contributed by atoms with van der Waals surface area (Å²) in [4.78, 5) is 18.9. The Morgan fingerprint density at radius 2 is 2.16 bits per heavy atom. The van der Waals surface area contributed by atoms with Gasteiger partial charge in [0, 0.05) is 50.1 Å². The number of aryl methyl sites for hydroxylation is 1. The summed E-state index contributed by atoms with van der Waals surface area (Å²) in [5.74, 6) is 1.62. The number of fused-ring (bicyclic) bond motifs is 1. The van der Waals surface area contributed by atoms with E-state index in [4.69, 9.17) is 0 Å². The largest absolute Gasteiger partial charge is 0.339 e. The zero-order chi connectivity index (χ0) is 17.0. The third kappa shape index (κ3) is 2.44. The van der Waals surface area contributed by atoms with Gasteiger partial charge in [-0.25, -0.2) is 9.50 Å². The molecule has 0 radical (unpaired) electrons. The van der Waals surface area contributed by atoms with Crippen molar-refractivity contribution < 1.29 is 4.79 Å². The molecule has 4 heterocycles. The van der Waals surface area contributed by atoms with Crippen LogP contribution in [-0.4, -0.2) is 42.6 Å². The van der Waals surface area contributed by atoms with Crippen LogP contribution in [0.4, 0.5) is 0 Å². The van der Waals surface area contributed by atoms with Crippen LogP contribution in [0.3, 0.4) is 0 Å². The molecule has 6 nitrogen and oxygen atoms in total. The lowest BCUT2D eigenvalue weighted by molar-refractivity contribution is -0.128. The predicted molar refractivity (Wildman–Crippen MR) is 94.0 cm³/mol. The Labute approximate surface area is 146 Å². The molecule has 0 aromatic carbocycles. The van der Waals surface area contributed by atoms with E-state index in [0.717, 1.165) is 30.0 Å². The summed E-state index contributed by atoms with van der Waals surface area (Å²) in [5, 5.41) is 4.46. The van der Waals surface area contributed by atoms with Gasteiger partial charge in [0.2, 0.25) is 5.91 Å². The molecule has 1 aliphatic heterocycles. The van der Waals surface area contributed by atoms with Crippen molar-refractivity contribution in [3.8, 4) is 11.4 Å². The van der Waals surface area contributed by atoms with Gasteiger partial charge in [0.05, 0.1) is 17.3 Å². The van der Waals surface area contributed by atoms with Crippen molar-refractivity contribution in [2.75, 3.05) is 6.54 Å². The van der Waals surface area contributed by atoms with Crippen LogP contribution in [0.15, 0.2) is 36.9 Å². The Kier molecular flexibility index (Phi) is 3.20. The summed E-state index contributed by atoms with van der Waals surface area (Å²) < 4.78 is 4.08. The van der Waals surface area contributed by atoms with E-state index in [1.165, 1.54) is 18.4 Å². The number of hydrogen-bond donors (Lipinski definition) is 0. The quantitative estimate of drug-likeness (QED) is 0.736. The van der Waals surface area contributed by atoms with Gasteiger partial charge in [0.15, 0.2) is 0 Å². The zero-order valence-corrected chi connectivity index (χ0v) is 14.3. The van der Waals surface area contributed by atoms with Gasteiger partial charge in [-0.1, -0.05) is 6.07 Å². The molecular weight excluding hydrogens is 314 g/mol. The van der Waals surface area contributed by atoms with Crippen LogP contribution >= 0.6 is 0 Å². The molecule has 0 N–H and O–H groups in total. The maximum Gasteiger partial charge on any atom is 0.223 e. The number of hydrogen-bond acceptors (Lipinski definition) is 3. The number of likely N-dealkylation sites (tertiary alicyclic amines) is 1. The fourth-order valence-corrected chi connectivity index (χ4v) is 4.03. The van der Waals surface area contributed by atoms with Crippen LogP contribution in [-0.2, 0) is 11.3 Å². The predicted octanol–water partition coefficient (Wildman–Crippen LogP) is 2.52.